The number of rotatable bonds is 13. The molecule has 12 heteroatoms. The molecule has 1 atom stereocenters. The predicted molar refractivity (Wildman–Crippen MR) is 142 cm³/mol. The molecule has 1 N–H and O–H groups in total. The Morgan fingerprint density at radius 2 is 1.74 bits per heavy atom. The maximum Gasteiger partial charge on any atom is 0.416 e. The summed E-state index contributed by atoms with van der Waals surface area (Å²) in [7, 11) is -4.24. The van der Waals surface area contributed by atoms with Crippen molar-refractivity contribution in [1.29, 1.82) is 0 Å². The van der Waals surface area contributed by atoms with E-state index in [4.69, 9.17) is 11.6 Å². The van der Waals surface area contributed by atoms with E-state index in [9.17, 15) is 31.2 Å². The highest BCUT2D eigenvalue weighted by Crippen LogP contribution is 2.36. The van der Waals surface area contributed by atoms with Crippen molar-refractivity contribution < 1.29 is 31.2 Å². The van der Waals surface area contributed by atoms with Gasteiger partial charge < -0.3 is 10.2 Å². The Morgan fingerprint density at radius 1 is 1.08 bits per heavy atom. The second-order valence-electron chi connectivity index (χ2n) is 8.82. The number of sulfonamides is 1. The van der Waals surface area contributed by atoms with Crippen LogP contribution in [-0.2, 0) is 32.2 Å². The van der Waals surface area contributed by atoms with Crippen molar-refractivity contribution in [3.05, 3.63) is 64.7 Å². The van der Waals surface area contributed by atoms with E-state index in [1.807, 2.05) is 37.3 Å². The molecule has 0 spiro atoms. The van der Waals surface area contributed by atoms with Gasteiger partial charge in [0, 0.05) is 13.1 Å². The molecular formula is C26H33ClF3N3O4S. The second kappa shape index (κ2) is 13.8. The second-order valence-corrected chi connectivity index (χ2v) is 11.1. The number of amides is 2. The van der Waals surface area contributed by atoms with Gasteiger partial charge in [0.1, 0.15) is 12.6 Å². The van der Waals surface area contributed by atoms with E-state index in [1.165, 1.54) is 4.90 Å². The fourth-order valence-electron chi connectivity index (χ4n) is 3.88. The number of nitrogens with one attached hydrogen (secondary N) is 1. The Labute approximate surface area is 227 Å². The third-order valence-corrected chi connectivity index (χ3v) is 7.37. The van der Waals surface area contributed by atoms with Crippen LogP contribution in [-0.4, -0.2) is 57.1 Å². The maximum absolute atomic E-state index is 13.6. The van der Waals surface area contributed by atoms with Gasteiger partial charge in [0.2, 0.25) is 21.8 Å². The fourth-order valence-corrected chi connectivity index (χ4v) is 5.00. The standard InChI is InChI=1S/C26H33ClF3N3O4S/c1-4-6-15-31-25(35)22(5-2)32(16-14-19-10-8-7-9-11-19)24(34)18-33(38(3,36)37)23-17-20(26(28,29)30)12-13-21(23)27/h7-13,17,22H,4-6,14-16,18H2,1-3H3,(H,31,35)/t22-/m1/s1. The highest BCUT2D eigenvalue weighted by molar-refractivity contribution is 7.92. The number of carbonyl (C=O) groups excluding carboxylic acids is 2. The van der Waals surface area contributed by atoms with Crippen molar-refractivity contribution in [2.45, 2.75) is 51.7 Å². The van der Waals surface area contributed by atoms with E-state index in [1.54, 1.807) is 6.92 Å². The molecule has 2 aromatic rings. The summed E-state index contributed by atoms with van der Waals surface area (Å²) < 4.78 is 65.9. The minimum Gasteiger partial charge on any atom is -0.354 e. The first-order chi connectivity index (χ1) is 17.8. The predicted octanol–water partition coefficient (Wildman–Crippen LogP) is 4.89. The van der Waals surface area contributed by atoms with Crippen LogP contribution in [0.15, 0.2) is 48.5 Å². The largest absolute Gasteiger partial charge is 0.416 e. The van der Waals surface area contributed by atoms with E-state index < -0.39 is 45.9 Å². The van der Waals surface area contributed by atoms with Crippen LogP contribution < -0.4 is 9.62 Å². The van der Waals surface area contributed by atoms with Crippen molar-refractivity contribution in [2.24, 2.45) is 0 Å². The molecule has 2 rings (SSSR count). The van der Waals surface area contributed by atoms with Crippen molar-refractivity contribution in [1.82, 2.24) is 10.2 Å². The lowest BCUT2D eigenvalue weighted by atomic mass is 10.1. The van der Waals surface area contributed by atoms with Gasteiger partial charge in [-0.15, -0.1) is 0 Å². The summed E-state index contributed by atoms with van der Waals surface area (Å²) in [6, 6.07) is 10.6. The minimum atomic E-state index is -4.75. The van der Waals surface area contributed by atoms with E-state index in [-0.39, 0.29) is 23.9 Å². The van der Waals surface area contributed by atoms with E-state index in [2.05, 4.69) is 5.32 Å². The fraction of sp³-hybridized carbons (Fsp3) is 0.462. The molecule has 0 aliphatic heterocycles. The monoisotopic (exact) mass is 575 g/mol. The molecule has 2 amide bonds. The Kier molecular flexibility index (Phi) is 11.4. The molecule has 0 saturated heterocycles. The number of hydrogen-bond donors (Lipinski definition) is 1. The molecule has 0 aliphatic carbocycles. The first-order valence-electron chi connectivity index (χ1n) is 12.2. The molecule has 0 heterocycles. The lowest BCUT2D eigenvalue weighted by molar-refractivity contribution is -0.139. The molecule has 2 aromatic carbocycles. The normalized spacial score (nSPS) is 12.6. The average Bonchev–Trinajstić information content (AvgIpc) is 2.84. The molecule has 38 heavy (non-hydrogen) atoms. The summed E-state index contributed by atoms with van der Waals surface area (Å²) in [5.74, 6) is -1.12. The Bertz CT molecular complexity index is 1190. The number of hydrogen-bond acceptors (Lipinski definition) is 4. The van der Waals surface area contributed by atoms with Crippen LogP contribution in [0.5, 0.6) is 0 Å². The van der Waals surface area contributed by atoms with Gasteiger partial charge in [-0.05, 0) is 43.0 Å². The number of carbonyl (C=O) groups is 2. The first kappa shape index (κ1) is 31.4. The van der Waals surface area contributed by atoms with Gasteiger partial charge in [-0.2, -0.15) is 13.2 Å². The van der Waals surface area contributed by atoms with Crippen LogP contribution in [0.4, 0.5) is 18.9 Å². The molecule has 0 fully saturated rings. The van der Waals surface area contributed by atoms with E-state index >= 15 is 0 Å². The van der Waals surface area contributed by atoms with Crippen LogP contribution in [0.3, 0.4) is 0 Å². The Hall–Kier alpha value is -2.79. The highest BCUT2D eigenvalue weighted by atomic mass is 35.5. The van der Waals surface area contributed by atoms with Gasteiger partial charge in [-0.1, -0.05) is 62.2 Å². The smallest absolute Gasteiger partial charge is 0.354 e. The van der Waals surface area contributed by atoms with Crippen LogP contribution in [0, 0.1) is 0 Å². The third kappa shape index (κ3) is 8.90. The molecule has 0 aliphatic rings. The lowest BCUT2D eigenvalue weighted by Gasteiger charge is -2.33. The first-order valence-corrected chi connectivity index (χ1v) is 14.5. The van der Waals surface area contributed by atoms with Crippen LogP contribution in [0.1, 0.15) is 44.2 Å². The van der Waals surface area contributed by atoms with Gasteiger partial charge in [0.25, 0.3) is 0 Å². The number of halogens is 4. The zero-order valence-corrected chi connectivity index (χ0v) is 23.2. The van der Waals surface area contributed by atoms with Gasteiger partial charge >= 0.3 is 6.18 Å². The number of alkyl halides is 3. The van der Waals surface area contributed by atoms with Gasteiger partial charge in [0.05, 0.1) is 22.5 Å². The number of anilines is 1. The van der Waals surface area contributed by atoms with Crippen LogP contribution in [0.2, 0.25) is 5.02 Å². The molecule has 0 saturated carbocycles. The van der Waals surface area contributed by atoms with Crippen molar-refractivity contribution in [3.63, 3.8) is 0 Å². The summed E-state index contributed by atoms with van der Waals surface area (Å²) in [5.41, 5.74) is -0.686. The minimum absolute atomic E-state index is 0.0937. The Morgan fingerprint density at radius 3 is 2.29 bits per heavy atom. The highest BCUT2D eigenvalue weighted by Gasteiger charge is 2.35. The third-order valence-electron chi connectivity index (χ3n) is 5.92. The SMILES string of the molecule is CCCCNC(=O)[C@@H](CC)N(CCc1ccccc1)C(=O)CN(c1cc(C(F)(F)F)ccc1Cl)S(C)(=O)=O. The van der Waals surface area contributed by atoms with Gasteiger partial charge in [0.15, 0.2) is 0 Å². The number of unbranched alkanes of at least 4 members (excludes halogenated alkanes) is 1. The van der Waals surface area contributed by atoms with E-state index in [0.29, 0.717) is 23.3 Å². The lowest BCUT2D eigenvalue weighted by Crippen LogP contribution is -2.53. The molecular weight excluding hydrogens is 543 g/mol. The van der Waals surface area contributed by atoms with Crippen LogP contribution >= 0.6 is 11.6 Å². The summed E-state index contributed by atoms with van der Waals surface area (Å²) in [5, 5.41) is 2.54. The summed E-state index contributed by atoms with van der Waals surface area (Å²) in [4.78, 5) is 27.9. The van der Waals surface area contributed by atoms with Crippen molar-refractivity contribution in [2.75, 3.05) is 30.2 Å². The molecule has 210 valence electrons. The molecule has 0 unspecified atom stereocenters. The van der Waals surface area contributed by atoms with Crippen LogP contribution in [0.25, 0.3) is 0 Å². The summed E-state index contributed by atoms with van der Waals surface area (Å²) >= 11 is 6.10. The molecule has 7 nitrogen and oxygen atoms in total. The van der Waals surface area contributed by atoms with E-state index in [0.717, 1.165) is 36.8 Å². The maximum atomic E-state index is 13.6. The zero-order chi connectivity index (χ0) is 28.5. The Balaban J connectivity index is 2.44. The van der Waals surface area contributed by atoms with Gasteiger partial charge in [-0.3, -0.25) is 13.9 Å². The van der Waals surface area contributed by atoms with Crippen molar-refractivity contribution >= 4 is 39.1 Å². The van der Waals surface area contributed by atoms with Crippen molar-refractivity contribution in [3.8, 4) is 0 Å². The zero-order valence-electron chi connectivity index (χ0n) is 21.6. The average molecular weight is 576 g/mol. The van der Waals surface area contributed by atoms with Gasteiger partial charge in [-0.25, -0.2) is 8.42 Å². The molecule has 0 bridgehead atoms. The number of benzene rings is 2. The molecule has 0 radical (unpaired) electrons. The number of nitrogens with zero attached hydrogens (tertiary/aromatic N) is 2. The topological polar surface area (TPSA) is 86.8 Å². The summed E-state index contributed by atoms with van der Waals surface area (Å²) in [6.45, 7) is 3.38. The summed E-state index contributed by atoms with van der Waals surface area (Å²) in [6.07, 6.45) is -1.74. The quantitative estimate of drug-likeness (QED) is 0.345. The molecule has 0 aromatic heterocycles.